The zero-order valence-electron chi connectivity index (χ0n) is 11.4. The number of aromatic nitrogens is 1. The van der Waals surface area contributed by atoms with E-state index in [1.807, 2.05) is 42.5 Å². The van der Waals surface area contributed by atoms with Gasteiger partial charge in [-0.1, -0.05) is 24.8 Å². The second-order valence-corrected chi connectivity index (χ2v) is 4.50. The van der Waals surface area contributed by atoms with Crippen LogP contribution in [-0.2, 0) is 11.3 Å². The maximum atomic E-state index is 11.5. The summed E-state index contributed by atoms with van der Waals surface area (Å²) in [5.74, 6) is 0.677. The van der Waals surface area contributed by atoms with Crippen LogP contribution in [0.2, 0.25) is 0 Å². The minimum Gasteiger partial charge on any atom is -0.366 e. The Labute approximate surface area is 118 Å². The largest absolute Gasteiger partial charge is 0.366 e. The van der Waals surface area contributed by atoms with E-state index in [0.29, 0.717) is 12.1 Å². The highest BCUT2D eigenvalue weighted by Gasteiger charge is 2.02. The molecule has 1 aromatic carbocycles. The molecule has 2 rings (SSSR count). The molecule has 0 bridgehead atoms. The third-order valence-corrected chi connectivity index (χ3v) is 2.74. The molecule has 0 atom stereocenters. The van der Waals surface area contributed by atoms with Crippen LogP contribution in [0.5, 0.6) is 0 Å². The zero-order chi connectivity index (χ0) is 14.4. The highest BCUT2D eigenvalue weighted by molar-refractivity contribution is 6.02. The van der Waals surface area contributed by atoms with Crippen molar-refractivity contribution in [1.82, 2.24) is 4.98 Å². The van der Waals surface area contributed by atoms with Gasteiger partial charge in [-0.25, -0.2) is 4.98 Å². The summed E-state index contributed by atoms with van der Waals surface area (Å²) in [6.45, 7) is 5.97. The topological polar surface area (TPSA) is 54.0 Å². The van der Waals surface area contributed by atoms with Gasteiger partial charge in [0.25, 0.3) is 5.91 Å². The van der Waals surface area contributed by atoms with E-state index in [4.69, 9.17) is 0 Å². The summed E-state index contributed by atoms with van der Waals surface area (Å²) < 4.78 is 0. The highest BCUT2D eigenvalue weighted by Crippen LogP contribution is 2.12. The Morgan fingerprint density at radius 1 is 1.20 bits per heavy atom. The lowest BCUT2D eigenvalue weighted by Crippen LogP contribution is -2.11. The summed E-state index contributed by atoms with van der Waals surface area (Å²) in [5, 5.41) is 6.00. The van der Waals surface area contributed by atoms with Gasteiger partial charge in [-0.3, -0.25) is 4.79 Å². The normalized spacial score (nSPS) is 9.85. The Morgan fingerprint density at radius 3 is 2.55 bits per heavy atom. The molecule has 0 aliphatic heterocycles. The van der Waals surface area contributed by atoms with Gasteiger partial charge in [0.15, 0.2) is 0 Å². The lowest BCUT2D eigenvalue weighted by molar-refractivity contribution is -0.112. The van der Waals surface area contributed by atoms with Crippen LogP contribution in [0.25, 0.3) is 0 Å². The number of carbonyl (C=O) groups is 1. The van der Waals surface area contributed by atoms with Crippen LogP contribution in [0.3, 0.4) is 0 Å². The molecule has 1 aromatic heterocycles. The standard InChI is InChI=1S/C16H17N3O/c1-12(2)16(20)19-14-8-6-13(7-9-14)11-18-15-5-3-4-10-17-15/h3-10H,1,11H2,2H3,(H,17,18)(H,19,20). The van der Waals surface area contributed by atoms with E-state index in [1.165, 1.54) is 0 Å². The predicted molar refractivity (Wildman–Crippen MR) is 81.4 cm³/mol. The molecule has 0 aliphatic rings. The van der Waals surface area contributed by atoms with Crippen LogP contribution < -0.4 is 10.6 Å². The molecule has 0 saturated carbocycles. The van der Waals surface area contributed by atoms with Crippen LogP contribution in [0.4, 0.5) is 11.5 Å². The number of hydrogen-bond acceptors (Lipinski definition) is 3. The summed E-state index contributed by atoms with van der Waals surface area (Å²) in [5.41, 5.74) is 2.37. The average Bonchev–Trinajstić information content (AvgIpc) is 2.47. The van der Waals surface area contributed by atoms with Crippen LogP contribution >= 0.6 is 0 Å². The number of nitrogens with one attached hydrogen (secondary N) is 2. The minimum atomic E-state index is -0.163. The van der Waals surface area contributed by atoms with Crippen molar-refractivity contribution in [3.63, 3.8) is 0 Å². The second kappa shape index (κ2) is 6.52. The first kappa shape index (κ1) is 13.8. The summed E-state index contributed by atoms with van der Waals surface area (Å²) in [4.78, 5) is 15.7. The van der Waals surface area contributed by atoms with Crippen molar-refractivity contribution in [3.05, 3.63) is 66.4 Å². The number of carbonyl (C=O) groups excluding carboxylic acids is 1. The first-order valence-electron chi connectivity index (χ1n) is 6.36. The highest BCUT2D eigenvalue weighted by atomic mass is 16.1. The third kappa shape index (κ3) is 3.95. The number of benzene rings is 1. The van der Waals surface area contributed by atoms with E-state index in [1.54, 1.807) is 13.1 Å². The molecule has 0 radical (unpaired) electrons. The number of nitrogens with zero attached hydrogens (tertiary/aromatic N) is 1. The van der Waals surface area contributed by atoms with Gasteiger partial charge >= 0.3 is 0 Å². The lowest BCUT2D eigenvalue weighted by Gasteiger charge is -2.07. The fourth-order valence-corrected chi connectivity index (χ4v) is 1.60. The maximum absolute atomic E-state index is 11.5. The SMILES string of the molecule is C=C(C)C(=O)Nc1ccc(CNc2ccccn2)cc1. The molecule has 4 nitrogen and oxygen atoms in total. The maximum Gasteiger partial charge on any atom is 0.250 e. The Bertz CT molecular complexity index is 591. The number of anilines is 2. The van der Waals surface area contributed by atoms with Crippen LogP contribution in [0.15, 0.2) is 60.8 Å². The van der Waals surface area contributed by atoms with E-state index in [0.717, 1.165) is 17.1 Å². The van der Waals surface area contributed by atoms with Crippen molar-refractivity contribution in [2.24, 2.45) is 0 Å². The third-order valence-electron chi connectivity index (χ3n) is 2.74. The van der Waals surface area contributed by atoms with E-state index in [2.05, 4.69) is 22.2 Å². The predicted octanol–water partition coefficient (Wildman–Crippen LogP) is 3.21. The molecule has 20 heavy (non-hydrogen) atoms. The number of amides is 1. The second-order valence-electron chi connectivity index (χ2n) is 4.50. The van der Waals surface area contributed by atoms with Gasteiger partial charge in [0, 0.05) is 24.0 Å². The first-order chi connectivity index (χ1) is 9.65. The van der Waals surface area contributed by atoms with Crippen molar-refractivity contribution in [3.8, 4) is 0 Å². The van der Waals surface area contributed by atoms with Gasteiger partial charge < -0.3 is 10.6 Å². The van der Waals surface area contributed by atoms with Crippen LogP contribution in [-0.4, -0.2) is 10.9 Å². The first-order valence-corrected chi connectivity index (χ1v) is 6.36. The fraction of sp³-hybridized carbons (Fsp3) is 0.125. The number of pyridine rings is 1. The molecule has 4 heteroatoms. The molecule has 0 aliphatic carbocycles. The molecular formula is C16H17N3O. The van der Waals surface area contributed by atoms with Crippen molar-refractivity contribution in [1.29, 1.82) is 0 Å². The van der Waals surface area contributed by atoms with E-state index >= 15 is 0 Å². The summed E-state index contributed by atoms with van der Waals surface area (Å²) in [6, 6.07) is 13.4. The van der Waals surface area contributed by atoms with Crippen LogP contribution in [0, 0.1) is 0 Å². The molecular weight excluding hydrogens is 250 g/mol. The van der Waals surface area contributed by atoms with Crippen molar-refractivity contribution < 1.29 is 4.79 Å². The Kier molecular flexibility index (Phi) is 4.50. The fourth-order valence-electron chi connectivity index (χ4n) is 1.60. The van der Waals surface area contributed by atoms with Gasteiger partial charge in [0.2, 0.25) is 0 Å². The monoisotopic (exact) mass is 267 g/mol. The molecule has 0 fully saturated rings. The molecule has 2 aromatic rings. The average molecular weight is 267 g/mol. The van der Waals surface area contributed by atoms with Gasteiger partial charge in [0.1, 0.15) is 5.82 Å². The van der Waals surface area contributed by atoms with Crippen molar-refractivity contribution in [2.75, 3.05) is 10.6 Å². The van der Waals surface area contributed by atoms with Gasteiger partial charge in [-0.05, 0) is 36.8 Å². The Balaban J connectivity index is 1.91. The number of rotatable bonds is 5. The summed E-state index contributed by atoms with van der Waals surface area (Å²) in [7, 11) is 0. The molecule has 0 spiro atoms. The molecule has 0 saturated heterocycles. The summed E-state index contributed by atoms with van der Waals surface area (Å²) in [6.07, 6.45) is 1.75. The van der Waals surface area contributed by atoms with Crippen LogP contribution in [0.1, 0.15) is 12.5 Å². The molecule has 1 amide bonds. The van der Waals surface area contributed by atoms with E-state index in [-0.39, 0.29) is 5.91 Å². The summed E-state index contributed by atoms with van der Waals surface area (Å²) >= 11 is 0. The van der Waals surface area contributed by atoms with Gasteiger partial charge in [-0.2, -0.15) is 0 Å². The Hall–Kier alpha value is -2.62. The lowest BCUT2D eigenvalue weighted by atomic mass is 10.2. The van der Waals surface area contributed by atoms with E-state index in [9.17, 15) is 4.79 Å². The smallest absolute Gasteiger partial charge is 0.250 e. The van der Waals surface area contributed by atoms with E-state index < -0.39 is 0 Å². The Morgan fingerprint density at radius 2 is 1.95 bits per heavy atom. The number of hydrogen-bond donors (Lipinski definition) is 2. The minimum absolute atomic E-state index is 0.163. The van der Waals surface area contributed by atoms with Gasteiger partial charge in [-0.15, -0.1) is 0 Å². The molecule has 102 valence electrons. The van der Waals surface area contributed by atoms with Crippen molar-refractivity contribution in [2.45, 2.75) is 13.5 Å². The quantitative estimate of drug-likeness (QED) is 0.818. The molecule has 0 unspecified atom stereocenters. The van der Waals surface area contributed by atoms with Gasteiger partial charge in [0.05, 0.1) is 0 Å². The van der Waals surface area contributed by atoms with Crippen molar-refractivity contribution >= 4 is 17.4 Å². The molecule has 2 N–H and O–H groups in total. The zero-order valence-corrected chi connectivity index (χ0v) is 11.4. The molecule has 1 heterocycles.